The van der Waals surface area contributed by atoms with E-state index in [1.807, 2.05) is 97.1 Å². The number of fused-ring (bicyclic) bond motifs is 3. The normalized spacial score (nSPS) is 17.9. The molecule has 302 valence electrons. The number of alkyl halides is 2. The van der Waals surface area contributed by atoms with Gasteiger partial charge < -0.3 is 19.7 Å². The van der Waals surface area contributed by atoms with E-state index < -0.39 is 58.0 Å². The SMILES string of the molecule is CN(C(=O)OC(C)(C)C)[C@@H]1COc2c(S(=N)(=O)N(C(=O)Nc3c4c(cc5c3CC(F)(F)C5)CCC4)C(c3ccccc3)(c3ccccc3)c3ccccc3)cnn2C1. The Kier molecular flexibility index (Phi) is 9.81. The molecule has 0 fully saturated rings. The zero-order chi connectivity index (χ0) is 41.0. The molecule has 0 saturated carbocycles. The van der Waals surface area contributed by atoms with Crippen LogP contribution in [0.4, 0.5) is 24.1 Å². The minimum absolute atomic E-state index is 0.0101. The molecule has 1 aromatic heterocycles. The Hall–Kier alpha value is -5.76. The molecule has 8 rings (SSSR count). The number of benzene rings is 4. The van der Waals surface area contributed by atoms with E-state index in [-0.39, 0.29) is 29.6 Å². The lowest BCUT2D eigenvalue weighted by atomic mass is 9.77. The van der Waals surface area contributed by atoms with Gasteiger partial charge in [0, 0.05) is 25.6 Å². The number of halogens is 2. The smallest absolute Gasteiger partial charge is 0.410 e. The Labute approximate surface area is 337 Å². The summed E-state index contributed by atoms with van der Waals surface area (Å²) >= 11 is 0. The zero-order valence-electron chi connectivity index (χ0n) is 32.8. The maximum atomic E-state index is 16.1. The number of hydrogen-bond acceptors (Lipinski definition) is 7. The van der Waals surface area contributed by atoms with Gasteiger partial charge in [0.1, 0.15) is 22.6 Å². The molecule has 0 bridgehead atoms. The van der Waals surface area contributed by atoms with Gasteiger partial charge >= 0.3 is 12.1 Å². The van der Waals surface area contributed by atoms with Crippen LogP contribution in [-0.4, -0.2) is 66.5 Å². The highest BCUT2D eigenvalue weighted by Gasteiger charge is 2.52. The number of rotatable bonds is 8. The molecule has 14 heteroatoms. The molecule has 2 heterocycles. The van der Waals surface area contributed by atoms with Gasteiger partial charge in [-0.3, -0.25) is 0 Å². The zero-order valence-corrected chi connectivity index (χ0v) is 33.7. The summed E-state index contributed by atoms with van der Waals surface area (Å²) in [6.07, 6.45) is 1.77. The van der Waals surface area contributed by atoms with Gasteiger partial charge in [0.15, 0.2) is 9.92 Å². The number of aromatic nitrogens is 2. The molecule has 1 aliphatic heterocycles. The molecular weight excluding hydrogens is 763 g/mol. The lowest BCUT2D eigenvalue weighted by Crippen LogP contribution is -2.55. The van der Waals surface area contributed by atoms with Gasteiger partial charge in [-0.25, -0.2) is 36.3 Å². The number of nitrogens with one attached hydrogen (secondary N) is 2. The fraction of sp³-hybridized carbons (Fsp3) is 0.341. The molecule has 4 aromatic carbocycles. The lowest BCUT2D eigenvalue weighted by Gasteiger charge is -2.45. The molecular formula is C44H46F2N6O5S. The van der Waals surface area contributed by atoms with Gasteiger partial charge in [0.25, 0.3) is 5.92 Å². The quantitative estimate of drug-likeness (QED) is 0.151. The Morgan fingerprint density at radius 2 is 1.50 bits per heavy atom. The second kappa shape index (κ2) is 14.6. The maximum absolute atomic E-state index is 16.1. The van der Waals surface area contributed by atoms with Crippen molar-refractivity contribution in [3.63, 3.8) is 0 Å². The van der Waals surface area contributed by atoms with E-state index >= 15 is 17.8 Å². The van der Waals surface area contributed by atoms with Crippen LogP contribution in [0.1, 0.15) is 66.1 Å². The van der Waals surface area contributed by atoms with Crippen molar-refractivity contribution >= 4 is 27.7 Å². The predicted octanol–water partition coefficient (Wildman–Crippen LogP) is 8.58. The van der Waals surface area contributed by atoms with Crippen molar-refractivity contribution in [1.82, 2.24) is 19.0 Å². The second-order valence-electron chi connectivity index (χ2n) is 16.2. The molecule has 3 aliphatic rings. The van der Waals surface area contributed by atoms with Crippen molar-refractivity contribution in [3.05, 3.63) is 142 Å². The van der Waals surface area contributed by atoms with Crippen LogP contribution >= 0.6 is 0 Å². The molecule has 3 amide bonds. The van der Waals surface area contributed by atoms with Crippen molar-refractivity contribution in [1.29, 1.82) is 4.78 Å². The van der Waals surface area contributed by atoms with Crippen LogP contribution < -0.4 is 10.1 Å². The number of urea groups is 1. The van der Waals surface area contributed by atoms with E-state index in [1.54, 1.807) is 27.8 Å². The molecule has 11 nitrogen and oxygen atoms in total. The van der Waals surface area contributed by atoms with E-state index in [1.165, 1.54) is 15.8 Å². The average Bonchev–Trinajstić information content (AvgIpc) is 3.93. The first kappa shape index (κ1) is 39.1. The molecule has 2 N–H and O–H groups in total. The lowest BCUT2D eigenvalue weighted by molar-refractivity contribution is 0.00992. The molecule has 5 aromatic rings. The fourth-order valence-electron chi connectivity index (χ4n) is 8.54. The number of hydrogen-bond donors (Lipinski definition) is 2. The van der Waals surface area contributed by atoms with Crippen LogP contribution in [0.3, 0.4) is 0 Å². The topological polar surface area (TPSA) is 130 Å². The number of ether oxygens (including phenoxy) is 2. The molecule has 1 unspecified atom stereocenters. The summed E-state index contributed by atoms with van der Waals surface area (Å²) in [6.45, 7) is 5.41. The van der Waals surface area contributed by atoms with Crippen LogP contribution in [0.2, 0.25) is 0 Å². The number of likely N-dealkylation sites (N-methyl/N-ethyl adjacent to an activating group) is 1. The predicted molar refractivity (Wildman–Crippen MR) is 216 cm³/mol. The van der Waals surface area contributed by atoms with Crippen molar-refractivity contribution in [3.8, 4) is 5.88 Å². The standard InChI is InChI=1S/C44H46F2N6O5S/c1-42(2,3)57-41(54)50(4)34-27-51-39(56-28-34)37(26-48-51)58(47,55)52(40(53)49-38-35-22-14-15-29(35)23-30-24-43(45,46)25-36(30)38)44(31-16-8-5-9-17-31,32-18-10-6-11-19-32)33-20-12-7-13-21-33/h5-13,16-21,23,26,34,47H,14-15,22,24-25,27-28H2,1-4H3,(H,49,53)/t34-,58?/m0/s1. The summed E-state index contributed by atoms with van der Waals surface area (Å²) in [5.74, 6) is -2.98. The van der Waals surface area contributed by atoms with Crippen LogP contribution in [0.15, 0.2) is 108 Å². The summed E-state index contributed by atoms with van der Waals surface area (Å²) in [6, 6.07) is 27.6. The summed E-state index contributed by atoms with van der Waals surface area (Å²) in [5.41, 5.74) is 1.91. The largest absolute Gasteiger partial charge is 0.475 e. The third-order valence-electron chi connectivity index (χ3n) is 11.1. The van der Waals surface area contributed by atoms with E-state index in [9.17, 15) is 9.57 Å². The third kappa shape index (κ3) is 6.86. The van der Waals surface area contributed by atoms with Gasteiger partial charge in [0.05, 0.1) is 18.8 Å². The third-order valence-corrected chi connectivity index (χ3v) is 13.0. The average molecular weight is 809 g/mol. The Bertz CT molecular complexity index is 2380. The first-order chi connectivity index (χ1) is 27.6. The fourth-order valence-corrected chi connectivity index (χ4v) is 10.3. The summed E-state index contributed by atoms with van der Waals surface area (Å²) in [4.78, 5) is 29.9. The molecule has 2 aliphatic carbocycles. The number of aryl methyl sites for hydroxylation is 1. The monoisotopic (exact) mass is 808 g/mol. The van der Waals surface area contributed by atoms with Crippen LogP contribution in [0, 0.1) is 4.78 Å². The van der Waals surface area contributed by atoms with Gasteiger partial charge in [0.2, 0.25) is 5.88 Å². The number of anilines is 1. The summed E-state index contributed by atoms with van der Waals surface area (Å²) < 4.78 is 70.7. The van der Waals surface area contributed by atoms with Crippen LogP contribution in [0.5, 0.6) is 5.88 Å². The van der Waals surface area contributed by atoms with Gasteiger partial charge in [-0.1, -0.05) is 97.1 Å². The Morgan fingerprint density at radius 1 is 0.914 bits per heavy atom. The van der Waals surface area contributed by atoms with Gasteiger partial charge in [-0.05, 0) is 79.0 Å². The summed E-state index contributed by atoms with van der Waals surface area (Å²) in [7, 11) is -2.89. The second-order valence-corrected chi connectivity index (χ2v) is 18.1. The van der Waals surface area contributed by atoms with Gasteiger partial charge in [-0.2, -0.15) is 5.10 Å². The molecule has 2 atom stereocenters. The van der Waals surface area contributed by atoms with E-state index in [4.69, 9.17) is 9.47 Å². The first-order valence-electron chi connectivity index (χ1n) is 19.4. The van der Waals surface area contributed by atoms with Crippen molar-refractivity contribution in [2.24, 2.45) is 0 Å². The van der Waals surface area contributed by atoms with Crippen molar-refractivity contribution < 1.29 is 32.1 Å². The molecule has 0 spiro atoms. The Morgan fingerprint density at radius 3 is 2.07 bits per heavy atom. The Balaban J connectivity index is 1.32. The molecule has 0 saturated heterocycles. The number of carbonyl (C=O) groups is 2. The van der Waals surface area contributed by atoms with Crippen LogP contribution in [0.25, 0.3) is 0 Å². The minimum atomic E-state index is -4.49. The first-order valence-corrected chi connectivity index (χ1v) is 20.9. The van der Waals surface area contributed by atoms with E-state index in [0.29, 0.717) is 40.7 Å². The van der Waals surface area contributed by atoms with E-state index in [2.05, 4.69) is 10.4 Å². The highest BCUT2D eigenvalue weighted by atomic mass is 32.2. The number of amides is 3. The highest BCUT2D eigenvalue weighted by Crippen LogP contribution is 2.49. The molecule has 58 heavy (non-hydrogen) atoms. The highest BCUT2D eigenvalue weighted by molar-refractivity contribution is 7.90. The summed E-state index contributed by atoms with van der Waals surface area (Å²) in [5, 5.41) is 7.52. The van der Waals surface area contributed by atoms with Crippen LogP contribution in [-0.2, 0) is 52.4 Å². The molecule has 0 radical (unpaired) electrons. The minimum Gasteiger partial charge on any atom is -0.475 e. The number of carbonyl (C=O) groups excluding carboxylic acids is 2. The number of nitrogens with zero attached hydrogens (tertiary/aromatic N) is 4. The van der Waals surface area contributed by atoms with Crippen molar-refractivity contribution in [2.45, 2.75) is 87.4 Å². The maximum Gasteiger partial charge on any atom is 0.410 e. The van der Waals surface area contributed by atoms with Gasteiger partial charge in [-0.15, -0.1) is 0 Å². The van der Waals surface area contributed by atoms with Crippen molar-refractivity contribution in [2.75, 3.05) is 19.0 Å². The van der Waals surface area contributed by atoms with E-state index in [0.717, 1.165) is 21.9 Å².